The van der Waals surface area contributed by atoms with E-state index in [2.05, 4.69) is 47.2 Å². The predicted octanol–water partition coefficient (Wildman–Crippen LogP) is 1.93. The zero-order chi connectivity index (χ0) is 13.5. The molecule has 2 rings (SSSR count). The SMILES string of the molecule is CN(CCCN)C1CCN(Cc2ccccc2)CC1. The zero-order valence-corrected chi connectivity index (χ0v) is 12.1. The Morgan fingerprint density at radius 2 is 1.89 bits per heavy atom. The van der Waals surface area contributed by atoms with Crippen molar-refractivity contribution >= 4 is 0 Å². The van der Waals surface area contributed by atoms with Crippen LogP contribution in [0, 0.1) is 0 Å². The third-order valence-electron chi connectivity index (χ3n) is 4.14. The van der Waals surface area contributed by atoms with Crippen molar-refractivity contribution in [3.05, 3.63) is 35.9 Å². The molecule has 1 fully saturated rings. The van der Waals surface area contributed by atoms with E-state index >= 15 is 0 Å². The summed E-state index contributed by atoms with van der Waals surface area (Å²) < 4.78 is 0. The van der Waals surface area contributed by atoms with Crippen molar-refractivity contribution in [1.82, 2.24) is 9.80 Å². The summed E-state index contributed by atoms with van der Waals surface area (Å²) in [7, 11) is 2.24. The number of piperidine rings is 1. The van der Waals surface area contributed by atoms with E-state index in [0.29, 0.717) is 0 Å². The standard InChI is InChI=1S/C16H27N3/c1-18(11-5-10-17)16-8-12-19(13-9-16)14-15-6-3-2-4-7-15/h2-4,6-7,16H,5,8-14,17H2,1H3. The van der Waals surface area contributed by atoms with Crippen LogP contribution in [0.3, 0.4) is 0 Å². The van der Waals surface area contributed by atoms with E-state index < -0.39 is 0 Å². The lowest BCUT2D eigenvalue weighted by Gasteiger charge is -2.36. The topological polar surface area (TPSA) is 32.5 Å². The zero-order valence-electron chi connectivity index (χ0n) is 12.1. The van der Waals surface area contributed by atoms with Gasteiger partial charge in [-0.25, -0.2) is 0 Å². The summed E-state index contributed by atoms with van der Waals surface area (Å²) >= 11 is 0. The van der Waals surface area contributed by atoms with Gasteiger partial charge in [-0.2, -0.15) is 0 Å². The number of likely N-dealkylation sites (tertiary alicyclic amines) is 1. The van der Waals surface area contributed by atoms with Crippen molar-refractivity contribution in [3.8, 4) is 0 Å². The third kappa shape index (κ3) is 4.60. The highest BCUT2D eigenvalue weighted by Gasteiger charge is 2.21. The van der Waals surface area contributed by atoms with Gasteiger partial charge in [0.15, 0.2) is 0 Å². The van der Waals surface area contributed by atoms with Gasteiger partial charge >= 0.3 is 0 Å². The molecule has 106 valence electrons. The second-order valence-electron chi connectivity index (χ2n) is 5.62. The van der Waals surface area contributed by atoms with Crippen molar-refractivity contribution in [1.29, 1.82) is 0 Å². The van der Waals surface area contributed by atoms with Crippen molar-refractivity contribution in [2.45, 2.75) is 31.8 Å². The van der Waals surface area contributed by atoms with Crippen LogP contribution in [0.15, 0.2) is 30.3 Å². The smallest absolute Gasteiger partial charge is 0.0233 e. The summed E-state index contributed by atoms with van der Waals surface area (Å²) in [6.45, 7) is 5.47. The Balaban J connectivity index is 1.73. The Morgan fingerprint density at radius 3 is 2.53 bits per heavy atom. The summed E-state index contributed by atoms with van der Waals surface area (Å²) in [6.07, 6.45) is 3.68. The highest BCUT2D eigenvalue weighted by Crippen LogP contribution is 2.17. The van der Waals surface area contributed by atoms with Gasteiger partial charge in [-0.05, 0) is 58.1 Å². The molecule has 3 heteroatoms. The van der Waals surface area contributed by atoms with Gasteiger partial charge in [0, 0.05) is 12.6 Å². The molecule has 0 aromatic heterocycles. The molecule has 2 N–H and O–H groups in total. The van der Waals surface area contributed by atoms with Crippen LogP contribution in [0.2, 0.25) is 0 Å². The van der Waals surface area contributed by atoms with Gasteiger partial charge in [0.1, 0.15) is 0 Å². The summed E-state index contributed by atoms with van der Waals surface area (Å²) in [5.41, 5.74) is 7.01. The second-order valence-corrected chi connectivity index (χ2v) is 5.62. The normalized spacial score (nSPS) is 18.1. The fourth-order valence-electron chi connectivity index (χ4n) is 2.88. The van der Waals surface area contributed by atoms with Crippen molar-refractivity contribution in [2.75, 3.05) is 33.2 Å². The quantitative estimate of drug-likeness (QED) is 0.849. The molecule has 0 spiro atoms. The van der Waals surface area contributed by atoms with E-state index in [1.165, 1.54) is 31.5 Å². The molecule has 0 radical (unpaired) electrons. The van der Waals surface area contributed by atoms with Gasteiger partial charge < -0.3 is 10.6 Å². The highest BCUT2D eigenvalue weighted by molar-refractivity contribution is 5.14. The first-order valence-corrected chi connectivity index (χ1v) is 7.46. The molecule has 0 unspecified atom stereocenters. The Morgan fingerprint density at radius 1 is 1.21 bits per heavy atom. The van der Waals surface area contributed by atoms with E-state index in [4.69, 9.17) is 5.73 Å². The lowest BCUT2D eigenvalue weighted by atomic mass is 10.0. The van der Waals surface area contributed by atoms with Crippen LogP contribution in [-0.2, 0) is 6.54 Å². The van der Waals surface area contributed by atoms with Crippen molar-refractivity contribution in [3.63, 3.8) is 0 Å². The molecule has 1 saturated heterocycles. The number of hydrogen-bond acceptors (Lipinski definition) is 3. The summed E-state index contributed by atoms with van der Waals surface area (Å²) in [5.74, 6) is 0. The molecule has 0 bridgehead atoms. The first kappa shape index (κ1) is 14.5. The Kier molecular flexibility index (Phi) is 5.83. The first-order valence-electron chi connectivity index (χ1n) is 7.46. The van der Waals surface area contributed by atoms with E-state index in [9.17, 15) is 0 Å². The number of hydrogen-bond donors (Lipinski definition) is 1. The first-order chi connectivity index (χ1) is 9.29. The Labute approximate surface area is 117 Å². The molecule has 0 aliphatic carbocycles. The molecule has 1 aliphatic heterocycles. The van der Waals surface area contributed by atoms with Crippen LogP contribution in [-0.4, -0.2) is 49.1 Å². The van der Waals surface area contributed by atoms with Crippen LogP contribution in [0.25, 0.3) is 0 Å². The van der Waals surface area contributed by atoms with Gasteiger partial charge in [0.05, 0.1) is 0 Å². The van der Waals surface area contributed by atoms with E-state index in [-0.39, 0.29) is 0 Å². The van der Waals surface area contributed by atoms with E-state index in [1.807, 2.05) is 0 Å². The molecule has 19 heavy (non-hydrogen) atoms. The summed E-state index contributed by atoms with van der Waals surface area (Å²) in [4.78, 5) is 5.06. The monoisotopic (exact) mass is 261 g/mol. The molecule has 1 aliphatic rings. The molecule has 0 amide bonds. The Hall–Kier alpha value is -0.900. The fourth-order valence-corrected chi connectivity index (χ4v) is 2.88. The van der Waals surface area contributed by atoms with Crippen LogP contribution in [0.1, 0.15) is 24.8 Å². The predicted molar refractivity (Wildman–Crippen MR) is 81.0 cm³/mol. The van der Waals surface area contributed by atoms with Gasteiger partial charge in [0.2, 0.25) is 0 Å². The van der Waals surface area contributed by atoms with E-state index in [1.54, 1.807) is 0 Å². The molecule has 1 aromatic carbocycles. The fraction of sp³-hybridized carbons (Fsp3) is 0.625. The highest BCUT2D eigenvalue weighted by atomic mass is 15.2. The Bertz CT molecular complexity index is 344. The number of benzene rings is 1. The third-order valence-corrected chi connectivity index (χ3v) is 4.14. The van der Waals surface area contributed by atoms with Gasteiger partial charge in [-0.3, -0.25) is 4.90 Å². The van der Waals surface area contributed by atoms with E-state index in [0.717, 1.165) is 32.1 Å². The maximum atomic E-state index is 5.58. The number of nitrogens with two attached hydrogens (primary N) is 1. The van der Waals surface area contributed by atoms with Crippen molar-refractivity contribution in [2.24, 2.45) is 5.73 Å². The van der Waals surface area contributed by atoms with Crippen LogP contribution >= 0.6 is 0 Å². The molecular weight excluding hydrogens is 234 g/mol. The molecule has 0 saturated carbocycles. The lowest BCUT2D eigenvalue weighted by molar-refractivity contribution is 0.123. The number of nitrogens with zero attached hydrogens (tertiary/aromatic N) is 2. The molecule has 1 heterocycles. The number of rotatable bonds is 6. The van der Waals surface area contributed by atoms with Crippen LogP contribution in [0.4, 0.5) is 0 Å². The van der Waals surface area contributed by atoms with Gasteiger partial charge in [0.25, 0.3) is 0 Å². The minimum Gasteiger partial charge on any atom is -0.330 e. The maximum Gasteiger partial charge on any atom is 0.0233 e. The second kappa shape index (κ2) is 7.63. The summed E-state index contributed by atoms with van der Waals surface area (Å²) in [5, 5.41) is 0. The molecule has 0 atom stereocenters. The average molecular weight is 261 g/mol. The van der Waals surface area contributed by atoms with Crippen LogP contribution in [0.5, 0.6) is 0 Å². The van der Waals surface area contributed by atoms with Crippen LogP contribution < -0.4 is 5.73 Å². The molecular formula is C16H27N3. The van der Waals surface area contributed by atoms with Gasteiger partial charge in [-0.15, -0.1) is 0 Å². The average Bonchev–Trinajstić information content (AvgIpc) is 2.46. The minimum atomic E-state index is 0.749. The maximum absolute atomic E-state index is 5.58. The summed E-state index contributed by atoms with van der Waals surface area (Å²) in [6, 6.07) is 11.5. The molecule has 1 aromatic rings. The largest absolute Gasteiger partial charge is 0.330 e. The molecule has 3 nitrogen and oxygen atoms in total. The van der Waals surface area contributed by atoms with Crippen molar-refractivity contribution < 1.29 is 0 Å². The lowest BCUT2D eigenvalue weighted by Crippen LogP contribution is -2.43. The van der Waals surface area contributed by atoms with Gasteiger partial charge in [-0.1, -0.05) is 30.3 Å². The minimum absolute atomic E-state index is 0.749.